The SMILES string of the molecule is CC(C)NCc1cc(=O)[nH]c(Cc2cccc(Cl)c2)n1. The molecule has 1 heterocycles. The van der Waals surface area contributed by atoms with Gasteiger partial charge in [-0.3, -0.25) is 4.79 Å². The lowest BCUT2D eigenvalue weighted by Crippen LogP contribution is -2.24. The van der Waals surface area contributed by atoms with Crippen molar-refractivity contribution < 1.29 is 0 Å². The molecule has 20 heavy (non-hydrogen) atoms. The fourth-order valence-corrected chi connectivity index (χ4v) is 2.10. The van der Waals surface area contributed by atoms with Crippen LogP contribution < -0.4 is 10.9 Å². The second kappa shape index (κ2) is 6.68. The van der Waals surface area contributed by atoms with Crippen molar-refractivity contribution in [3.8, 4) is 0 Å². The Bertz CT molecular complexity index is 637. The highest BCUT2D eigenvalue weighted by Crippen LogP contribution is 2.12. The Morgan fingerprint density at radius 3 is 2.85 bits per heavy atom. The Morgan fingerprint density at radius 1 is 1.35 bits per heavy atom. The zero-order valence-corrected chi connectivity index (χ0v) is 12.4. The molecule has 1 aromatic heterocycles. The topological polar surface area (TPSA) is 57.8 Å². The average molecular weight is 292 g/mol. The highest BCUT2D eigenvalue weighted by Gasteiger charge is 2.04. The van der Waals surface area contributed by atoms with Crippen LogP contribution in [0.1, 0.15) is 30.9 Å². The predicted octanol–water partition coefficient (Wildman–Crippen LogP) is 2.51. The minimum Gasteiger partial charge on any atom is -0.310 e. The number of rotatable bonds is 5. The molecule has 0 aliphatic heterocycles. The van der Waals surface area contributed by atoms with E-state index < -0.39 is 0 Å². The van der Waals surface area contributed by atoms with E-state index in [4.69, 9.17) is 11.6 Å². The van der Waals surface area contributed by atoms with Crippen LogP contribution in [0.3, 0.4) is 0 Å². The third kappa shape index (κ3) is 4.47. The first kappa shape index (κ1) is 14.8. The molecule has 0 bridgehead atoms. The molecule has 0 spiro atoms. The lowest BCUT2D eigenvalue weighted by Gasteiger charge is -2.08. The second-order valence-electron chi connectivity index (χ2n) is 5.03. The Labute approximate surface area is 123 Å². The quantitative estimate of drug-likeness (QED) is 0.890. The van der Waals surface area contributed by atoms with E-state index >= 15 is 0 Å². The number of halogens is 1. The first-order valence-corrected chi connectivity index (χ1v) is 6.97. The van der Waals surface area contributed by atoms with Crippen LogP contribution in [-0.2, 0) is 13.0 Å². The van der Waals surface area contributed by atoms with E-state index in [2.05, 4.69) is 29.1 Å². The number of nitrogens with one attached hydrogen (secondary N) is 2. The average Bonchev–Trinajstić information content (AvgIpc) is 2.35. The lowest BCUT2D eigenvalue weighted by molar-refractivity contribution is 0.578. The van der Waals surface area contributed by atoms with Crippen LogP contribution in [0.2, 0.25) is 5.02 Å². The lowest BCUT2D eigenvalue weighted by atomic mass is 10.1. The van der Waals surface area contributed by atoms with Gasteiger partial charge in [0, 0.05) is 30.1 Å². The smallest absolute Gasteiger partial charge is 0.251 e. The summed E-state index contributed by atoms with van der Waals surface area (Å²) in [5.41, 5.74) is 1.65. The van der Waals surface area contributed by atoms with Crippen LogP contribution in [0.4, 0.5) is 0 Å². The molecule has 1 aromatic carbocycles. The van der Waals surface area contributed by atoms with Gasteiger partial charge in [0.05, 0.1) is 5.69 Å². The van der Waals surface area contributed by atoms with Gasteiger partial charge < -0.3 is 10.3 Å². The molecule has 2 aromatic rings. The van der Waals surface area contributed by atoms with E-state index in [0.717, 1.165) is 11.3 Å². The van der Waals surface area contributed by atoms with Gasteiger partial charge in [-0.25, -0.2) is 4.98 Å². The van der Waals surface area contributed by atoms with Gasteiger partial charge in [0.25, 0.3) is 5.56 Å². The monoisotopic (exact) mass is 291 g/mol. The number of aromatic amines is 1. The molecule has 0 aliphatic rings. The molecule has 0 atom stereocenters. The fourth-order valence-electron chi connectivity index (χ4n) is 1.89. The van der Waals surface area contributed by atoms with Crippen molar-refractivity contribution in [3.63, 3.8) is 0 Å². The van der Waals surface area contributed by atoms with E-state index in [9.17, 15) is 4.79 Å². The van der Waals surface area contributed by atoms with Crippen LogP contribution in [0.15, 0.2) is 35.1 Å². The Balaban J connectivity index is 2.17. The molecule has 106 valence electrons. The maximum Gasteiger partial charge on any atom is 0.251 e. The van der Waals surface area contributed by atoms with Crippen molar-refractivity contribution in [1.82, 2.24) is 15.3 Å². The Kier molecular flexibility index (Phi) is 4.93. The Morgan fingerprint density at radius 2 is 2.15 bits per heavy atom. The number of nitrogens with zero attached hydrogens (tertiary/aromatic N) is 1. The van der Waals surface area contributed by atoms with Gasteiger partial charge in [-0.1, -0.05) is 37.6 Å². The van der Waals surface area contributed by atoms with E-state index in [0.29, 0.717) is 29.9 Å². The molecule has 0 radical (unpaired) electrons. The summed E-state index contributed by atoms with van der Waals surface area (Å²) in [5.74, 6) is 0.653. The maximum atomic E-state index is 11.7. The third-order valence-electron chi connectivity index (χ3n) is 2.80. The molecule has 5 heteroatoms. The molecule has 0 saturated heterocycles. The van der Waals surface area contributed by atoms with Gasteiger partial charge in [-0.05, 0) is 17.7 Å². The molecule has 0 aliphatic carbocycles. The normalized spacial score (nSPS) is 11.0. The molecule has 4 nitrogen and oxygen atoms in total. The molecule has 0 unspecified atom stereocenters. The number of benzene rings is 1. The zero-order valence-electron chi connectivity index (χ0n) is 11.6. The van der Waals surface area contributed by atoms with Crippen molar-refractivity contribution >= 4 is 11.6 Å². The minimum absolute atomic E-state index is 0.127. The number of hydrogen-bond donors (Lipinski definition) is 2. The largest absolute Gasteiger partial charge is 0.310 e. The van der Waals surface area contributed by atoms with Gasteiger partial charge in [0.15, 0.2) is 0 Å². The van der Waals surface area contributed by atoms with Crippen LogP contribution in [0, 0.1) is 0 Å². The van der Waals surface area contributed by atoms with Crippen molar-refractivity contribution in [1.29, 1.82) is 0 Å². The second-order valence-corrected chi connectivity index (χ2v) is 5.46. The predicted molar refractivity (Wildman–Crippen MR) is 81.1 cm³/mol. The number of hydrogen-bond acceptors (Lipinski definition) is 3. The van der Waals surface area contributed by atoms with Gasteiger partial charge in [0.1, 0.15) is 5.82 Å². The summed E-state index contributed by atoms with van der Waals surface area (Å²) in [6.07, 6.45) is 0.561. The van der Waals surface area contributed by atoms with Crippen molar-refractivity contribution in [3.05, 3.63) is 62.8 Å². The van der Waals surface area contributed by atoms with E-state index in [1.807, 2.05) is 24.3 Å². The summed E-state index contributed by atoms with van der Waals surface area (Å²) in [6.45, 7) is 4.70. The highest BCUT2D eigenvalue weighted by molar-refractivity contribution is 6.30. The molecule has 0 amide bonds. The summed E-state index contributed by atoms with van der Waals surface area (Å²) < 4.78 is 0. The van der Waals surface area contributed by atoms with Gasteiger partial charge in [-0.15, -0.1) is 0 Å². The van der Waals surface area contributed by atoms with E-state index in [1.54, 1.807) is 0 Å². The number of H-pyrrole nitrogens is 1. The van der Waals surface area contributed by atoms with Crippen LogP contribution in [0.25, 0.3) is 0 Å². The van der Waals surface area contributed by atoms with Crippen LogP contribution >= 0.6 is 11.6 Å². The van der Waals surface area contributed by atoms with Crippen molar-refractivity contribution in [2.24, 2.45) is 0 Å². The molecular formula is C15H18ClN3O. The van der Waals surface area contributed by atoms with Gasteiger partial charge in [0.2, 0.25) is 0 Å². The molecular weight excluding hydrogens is 274 g/mol. The van der Waals surface area contributed by atoms with Gasteiger partial charge >= 0.3 is 0 Å². The summed E-state index contributed by atoms with van der Waals surface area (Å²) in [7, 11) is 0. The first-order valence-electron chi connectivity index (χ1n) is 6.60. The van der Waals surface area contributed by atoms with Crippen LogP contribution in [0.5, 0.6) is 0 Å². The van der Waals surface area contributed by atoms with E-state index in [1.165, 1.54) is 6.07 Å². The zero-order chi connectivity index (χ0) is 14.5. The van der Waals surface area contributed by atoms with Crippen LogP contribution in [-0.4, -0.2) is 16.0 Å². The highest BCUT2D eigenvalue weighted by atomic mass is 35.5. The maximum absolute atomic E-state index is 11.7. The molecule has 0 saturated carbocycles. The van der Waals surface area contributed by atoms with Gasteiger partial charge in [-0.2, -0.15) is 0 Å². The minimum atomic E-state index is -0.127. The summed E-state index contributed by atoms with van der Waals surface area (Å²) in [5, 5.41) is 3.94. The van der Waals surface area contributed by atoms with Crippen molar-refractivity contribution in [2.75, 3.05) is 0 Å². The third-order valence-corrected chi connectivity index (χ3v) is 3.03. The molecule has 2 N–H and O–H groups in total. The molecule has 0 fully saturated rings. The summed E-state index contributed by atoms with van der Waals surface area (Å²) >= 11 is 5.96. The van der Waals surface area contributed by atoms with Crippen molar-refractivity contribution in [2.45, 2.75) is 32.9 Å². The molecule has 2 rings (SSSR count). The standard InChI is InChI=1S/C15H18ClN3O/c1-10(2)17-9-13-8-15(20)19-14(18-13)7-11-4-3-5-12(16)6-11/h3-6,8,10,17H,7,9H2,1-2H3,(H,18,19,20). The first-order chi connectivity index (χ1) is 9.52. The summed E-state index contributed by atoms with van der Waals surface area (Å²) in [6, 6.07) is 9.43. The summed E-state index contributed by atoms with van der Waals surface area (Å²) in [4.78, 5) is 18.9. The number of aromatic nitrogens is 2. The fraction of sp³-hybridized carbons (Fsp3) is 0.333. The van der Waals surface area contributed by atoms with E-state index in [-0.39, 0.29) is 5.56 Å². The Hall–Kier alpha value is -1.65.